The molecular formula is C19H27NO3. The third kappa shape index (κ3) is 3.29. The summed E-state index contributed by atoms with van der Waals surface area (Å²) in [5, 5.41) is 11.3. The molecule has 126 valence electrons. The van der Waals surface area contributed by atoms with Crippen LogP contribution in [-0.2, 0) is 15.1 Å². The second kappa shape index (κ2) is 7.02. The summed E-state index contributed by atoms with van der Waals surface area (Å²) >= 11 is 0. The number of carbonyl (C=O) groups excluding carboxylic acids is 1. The first-order chi connectivity index (χ1) is 11.1. The van der Waals surface area contributed by atoms with Crippen LogP contribution in [0.4, 0.5) is 0 Å². The molecule has 1 N–H and O–H groups in total. The van der Waals surface area contributed by atoms with E-state index >= 15 is 0 Å². The number of likely N-dealkylation sites (tertiary alicyclic amines) is 1. The van der Waals surface area contributed by atoms with Crippen molar-refractivity contribution in [3.05, 3.63) is 35.9 Å². The van der Waals surface area contributed by atoms with Gasteiger partial charge in [0.2, 0.25) is 0 Å². The molecule has 4 heteroatoms. The molecule has 1 aromatic carbocycles. The molecule has 0 radical (unpaired) electrons. The van der Waals surface area contributed by atoms with Crippen molar-refractivity contribution in [2.24, 2.45) is 5.92 Å². The zero-order valence-corrected chi connectivity index (χ0v) is 13.9. The smallest absolute Gasteiger partial charge is 0.343 e. The van der Waals surface area contributed by atoms with Crippen LogP contribution < -0.4 is 0 Å². The predicted molar refractivity (Wildman–Crippen MR) is 88.9 cm³/mol. The number of carbonyl (C=O) groups is 1. The molecule has 1 aliphatic carbocycles. The van der Waals surface area contributed by atoms with Gasteiger partial charge < -0.3 is 9.84 Å². The van der Waals surface area contributed by atoms with E-state index in [-0.39, 0.29) is 12.0 Å². The van der Waals surface area contributed by atoms with E-state index in [0.717, 1.165) is 51.7 Å². The van der Waals surface area contributed by atoms with E-state index in [1.54, 1.807) is 0 Å². The fourth-order valence-corrected chi connectivity index (χ4v) is 3.98. The highest BCUT2D eigenvalue weighted by atomic mass is 16.6. The minimum Gasteiger partial charge on any atom is -0.459 e. The van der Waals surface area contributed by atoms with Crippen LogP contribution in [0.5, 0.6) is 0 Å². The Hall–Kier alpha value is -1.39. The Morgan fingerprint density at radius 3 is 2.57 bits per heavy atom. The molecule has 1 saturated heterocycles. The summed E-state index contributed by atoms with van der Waals surface area (Å²) in [5.74, 6) is -0.500. The van der Waals surface area contributed by atoms with Crippen LogP contribution in [0.3, 0.4) is 0 Å². The van der Waals surface area contributed by atoms with Gasteiger partial charge in [-0.05, 0) is 31.4 Å². The SMILES string of the molecule is CCN1CCC(OC(=O)[C@](O)(c2ccccc2)C2CCCC2)C1. The fourth-order valence-electron chi connectivity index (χ4n) is 3.98. The first-order valence-corrected chi connectivity index (χ1v) is 8.86. The minimum atomic E-state index is -1.50. The quantitative estimate of drug-likeness (QED) is 0.848. The summed E-state index contributed by atoms with van der Waals surface area (Å²) in [6.07, 6.45) is 4.66. The molecule has 0 bridgehead atoms. The van der Waals surface area contributed by atoms with Crippen LogP contribution in [0.2, 0.25) is 0 Å². The van der Waals surface area contributed by atoms with Gasteiger partial charge in [0.1, 0.15) is 6.10 Å². The van der Waals surface area contributed by atoms with E-state index in [4.69, 9.17) is 4.74 Å². The maximum Gasteiger partial charge on any atom is 0.343 e. The number of hydrogen-bond acceptors (Lipinski definition) is 4. The molecule has 1 aromatic rings. The van der Waals surface area contributed by atoms with Gasteiger partial charge in [0.25, 0.3) is 0 Å². The lowest BCUT2D eigenvalue weighted by Crippen LogP contribution is -2.45. The van der Waals surface area contributed by atoms with Gasteiger partial charge in [0.15, 0.2) is 5.60 Å². The van der Waals surface area contributed by atoms with Crippen LogP contribution in [0.1, 0.15) is 44.6 Å². The van der Waals surface area contributed by atoms with Gasteiger partial charge in [-0.25, -0.2) is 4.79 Å². The third-order valence-corrected chi connectivity index (χ3v) is 5.42. The zero-order chi connectivity index (χ0) is 16.3. The van der Waals surface area contributed by atoms with Crippen LogP contribution >= 0.6 is 0 Å². The number of hydrogen-bond donors (Lipinski definition) is 1. The van der Waals surface area contributed by atoms with Crippen LogP contribution in [0.25, 0.3) is 0 Å². The highest BCUT2D eigenvalue weighted by Crippen LogP contribution is 2.41. The van der Waals surface area contributed by atoms with Crippen molar-refractivity contribution >= 4 is 5.97 Å². The van der Waals surface area contributed by atoms with Gasteiger partial charge in [-0.1, -0.05) is 50.1 Å². The first-order valence-electron chi connectivity index (χ1n) is 8.86. The van der Waals surface area contributed by atoms with Crippen LogP contribution in [0, 0.1) is 5.92 Å². The Balaban J connectivity index is 1.79. The summed E-state index contributed by atoms with van der Waals surface area (Å²) in [4.78, 5) is 15.2. The topological polar surface area (TPSA) is 49.8 Å². The van der Waals surface area contributed by atoms with Gasteiger partial charge in [-0.2, -0.15) is 0 Å². The van der Waals surface area contributed by atoms with Crippen molar-refractivity contribution in [1.29, 1.82) is 0 Å². The Morgan fingerprint density at radius 1 is 1.26 bits per heavy atom. The molecule has 0 spiro atoms. The minimum absolute atomic E-state index is 0.0407. The first kappa shape index (κ1) is 16.5. The lowest BCUT2D eigenvalue weighted by molar-refractivity contribution is -0.178. The number of likely N-dealkylation sites (N-methyl/N-ethyl adjacent to an activating group) is 1. The van der Waals surface area contributed by atoms with Gasteiger partial charge >= 0.3 is 5.97 Å². The summed E-state index contributed by atoms with van der Waals surface area (Å²) < 4.78 is 5.74. The highest BCUT2D eigenvalue weighted by molar-refractivity contribution is 5.81. The van der Waals surface area contributed by atoms with Gasteiger partial charge in [0, 0.05) is 19.0 Å². The summed E-state index contributed by atoms with van der Waals surface area (Å²) in [5.41, 5.74) is -0.834. The molecule has 23 heavy (non-hydrogen) atoms. The van der Waals surface area contributed by atoms with Gasteiger partial charge in [-0.3, -0.25) is 4.90 Å². The Kier molecular flexibility index (Phi) is 5.02. The number of benzene rings is 1. The second-order valence-electron chi connectivity index (χ2n) is 6.82. The summed E-state index contributed by atoms with van der Waals surface area (Å²) in [6, 6.07) is 9.33. The number of nitrogens with zero attached hydrogens (tertiary/aromatic N) is 1. The Morgan fingerprint density at radius 2 is 1.96 bits per heavy atom. The van der Waals surface area contributed by atoms with Crippen LogP contribution in [0.15, 0.2) is 30.3 Å². The van der Waals surface area contributed by atoms with Gasteiger partial charge in [-0.15, -0.1) is 0 Å². The highest BCUT2D eigenvalue weighted by Gasteiger charge is 2.48. The number of rotatable bonds is 5. The summed E-state index contributed by atoms with van der Waals surface area (Å²) in [7, 11) is 0. The average Bonchev–Trinajstić information content (AvgIpc) is 3.26. The lowest BCUT2D eigenvalue weighted by atomic mass is 9.80. The van der Waals surface area contributed by atoms with E-state index in [1.807, 2.05) is 30.3 Å². The largest absolute Gasteiger partial charge is 0.459 e. The van der Waals surface area contributed by atoms with Crippen molar-refractivity contribution in [3.63, 3.8) is 0 Å². The molecule has 2 aliphatic rings. The molecule has 0 amide bonds. The third-order valence-electron chi connectivity index (χ3n) is 5.42. The molecule has 0 aromatic heterocycles. The van der Waals surface area contributed by atoms with Crippen LogP contribution in [-0.4, -0.2) is 41.7 Å². The number of esters is 1. The molecule has 1 unspecified atom stereocenters. The molecular weight excluding hydrogens is 290 g/mol. The van der Waals surface area contributed by atoms with Crippen molar-refractivity contribution in [1.82, 2.24) is 4.90 Å². The summed E-state index contributed by atoms with van der Waals surface area (Å²) in [6.45, 7) is 4.82. The number of aliphatic hydroxyl groups is 1. The number of ether oxygens (including phenoxy) is 1. The molecule has 1 aliphatic heterocycles. The normalized spacial score (nSPS) is 25.4. The van der Waals surface area contributed by atoms with Crippen molar-refractivity contribution in [2.45, 2.75) is 50.7 Å². The predicted octanol–water partition coefficient (Wildman–Crippen LogP) is 2.70. The van der Waals surface area contributed by atoms with Crippen molar-refractivity contribution < 1.29 is 14.6 Å². The molecule has 1 saturated carbocycles. The molecule has 3 rings (SSSR count). The van der Waals surface area contributed by atoms with Crippen molar-refractivity contribution in [3.8, 4) is 0 Å². The molecule has 4 nitrogen and oxygen atoms in total. The van der Waals surface area contributed by atoms with E-state index in [0.29, 0.717) is 5.56 Å². The Bertz CT molecular complexity index is 527. The van der Waals surface area contributed by atoms with E-state index in [9.17, 15) is 9.90 Å². The average molecular weight is 317 g/mol. The molecule has 2 atom stereocenters. The fraction of sp³-hybridized carbons (Fsp3) is 0.632. The van der Waals surface area contributed by atoms with E-state index in [2.05, 4.69) is 11.8 Å². The zero-order valence-electron chi connectivity index (χ0n) is 13.9. The van der Waals surface area contributed by atoms with Gasteiger partial charge in [0.05, 0.1) is 0 Å². The van der Waals surface area contributed by atoms with E-state index in [1.165, 1.54) is 0 Å². The molecule has 1 heterocycles. The monoisotopic (exact) mass is 317 g/mol. The maximum atomic E-state index is 12.9. The van der Waals surface area contributed by atoms with E-state index < -0.39 is 11.6 Å². The second-order valence-corrected chi connectivity index (χ2v) is 6.82. The standard InChI is InChI=1S/C19H27NO3/c1-2-20-13-12-17(14-20)23-18(21)19(22,16-10-6-7-11-16)15-8-4-3-5-9-15/h3-5,8-9,16-17,22H,2,6-7,10-14H2,1H3/t17?,19-/m0/s1. The van der Waals surface area contributed by atoms with Crippen molar-refractivity contribution in [2.75, 3.05) is 19.6 Å². The Labute approximate surface area is 138 Å². The molecule has 2 fully saturated rings. The lowest BCUT2D eigenvalue weighted by Gasteiger charge is -2.33. The maximum absolute atomic E-state index is 12.9.